The maximum atomic E-state index is 14.1. The Morgan fingerprint density at radius 3 is 2.24 bits per heavy atom. The Labute approximate surface area is 187 Å². The Morgan fingerprint density at radius 2 is 1.70 bits per heavy atom. The molecule has 1 aliphatic rings. The molecule has 0 aliphatic carbocycles. The van der Waals surface area contributed by atoms with Gasteiger partial charge in [0.1, 0.15) is 5.69 Å². The smallest absolute Gasteiger partial charge is 0.341 e. The molecular weight excluding hydrogens is 479 g/mol. The first-order valence-electron chi connectivity index (χ1n) is 8.83. The Morgan fingerprint density at radius 1 is 1.12 bits per heavy atom. The van der Waals surface area contributed by atoms with Crippen LogP contribution in [0.4, 0.5) is 27.6 Å². The van der Waals surface area contributed by atoms with E-state index in [9.17, 15) is 31.5 Å². The van der Waals surface area contributed by atoms with E-state index in [2.05, 4.69) is 5.10 Å². The zero-order valence-electron chi connectivity index (χ0n) is 16.7. The van der Waals surface area contributed by atoms with Crippen molar-refractivity contribution in [1.29, 1.82) is 0 Å². The number of hydrogen-bond acceptors (Lipinski definition) is 5. The zero-order valence-corrected chi connectivity index (χ0v) is 17.4. The first kappa shape index (κ1) is 24.0. The van der Waals surface area contributed by atoms with Crippen LogP contribution in [0.1, 0.15) is 12.5 Å². The van der Waals surface area contributed by atoms with Crippen molar-refractivity contribution in [2.24, 2.45) is 5.10 Å². The molecule has 1 heterocycles. The van der Waals surface area contributed by atoms with Crippen molar-refractivity contribution in [1.82, 2.24) is 0 Å². The van der Waals surface area contributed by atoms with E-state index in [0.29, 0.717) is 0 Å². The first-order valence-corrected chi connectivity index (χ1v) is 9.21. The second kappa shape index (κ2) is 9.06. The number of carboxylic acids is 1. The molecule has 0 saturated heterocycles. The molecule has 7 nitrogen and oxygen atoms in total. The third-order valence-electron chi connectivity index (χ3n) is 4.36. The molecule has 13 heteroatoms. The van der Waals surface area contributed by atoms with Gasteiger partial charge in [-0.05, 0) is 30.7 Å². The van der Waals surface area contributed by atoms with Crippen molar-refractivity contribution in [2.75, 3.05) is 18.7 Å². The average molecular weight is 491 g/mol. The SMILES string of the molecule is COc1cc(/C=C2/C(=O)N(c3c(F)c(F)c(F)c(F)c3F)N=C2C)cc(Cl)c1OCC(=O)O. The molecule has 174 valence electrons. The average Bonchev–Trinajstić information content (AvgIpc) is 3.03. The predicted molar refractivity (Wildman–Crippen MR) is 106 cm³/mol. The minimum atomic E-state index is -2.37. The lowest BCUT2D eigenvalue weighted by molar-refractivity contribution is -0.139. The van der Waals surface area contributed by atoms with E-state index in [0.717, 1.165) is 0 Å². The quantitative estimate of drug-likeness (QED) is 0.282. The Bertz CT molecular complexity index is 1220. The predicted octanol–water partition coefficient (Wildman–Crippen LogP) is 4.31. The summed E-state index contributed by atoms with van der Waals surface area (Å²) in [7, 11) is 1.24. The summed E-state index contributed by atoms with van der Waals surface area (Å²) in [5.74, 6) is -13.8. The fourth-order valence-corrected chi connectivity index (χ4v) is 3.15. The summed E-state index contributed by atoms with van der Waals surface area (Å²) in [5, 5.41) is 12.4. The van der Waals surface area contributed by atoms with Gasteiger partial charge in [0.15, 0.2) is 41.4 Å². The monoisotopic (exact) mass is 490 g/mol. The van der Waals surface area contributed by atoms with Crippen LogP contribution in [0.15, 0.2) is 22.8 Å². The molecule has 1 amide bonds. The van der Waals surface area contributed by atoms with Crippen molar-refractivity contribution >= 4 is 41.0 Å². The number of methoxy groups -OCH3 is 1. The molecule has 0 aromatic heterocycles. The lowest BCUT2D eigenvalue weighted by Crippen LogP contribution is -2.25. The first-order chi connectivity index (χ1) is 15.5. The molecule has 33 heavy (non-hydrogen) atoms. The van der Waals surface area contributed by atoms with Gasteiger partial charge >= 0.3 is 5.97 Å². The standard InChI is InChI=1S/C20H12ClF5N2O5/c1-7-9(3-8-4-10(21)19(11(5-8)32-2)33-6-12(29)30)20(31)28(27-7)18-16(25)14(23)13(22)15(24)17(18)26/h3-5H,6H2,1-2H3,(H,29,30)/b9-3+. The van der Waals surface area contributed by atoms with Crippen LogP contribution in [0.5, 0.6) is 11.5 Å². The van der Waals surface area contributed by atoms with E-state index in [4.69, 9.17) is 26.2 Å². The lowest BCUT2D eigenvalue weighted by atomic mass is 10.1. The number of aliphatic carboxylic acids is 1. The number of carbonyl (C=O) groups excluding carboxylic acids is 1. The van der Waals surface area contributed by atoms with Gasteiger partial charge in [0, 0.05) is 0 Å². The van der Waals surface area contributed by atoms with E-state index < -0.39 is 53.3 Å². The van der Waals surface area contributed by atoms with Gasteiger partial charge in [-0.3, -0.25) is 4.79 Å². The third kappa shape index (κ3) is 4.33. The number of nitrogens with zero attached hydrogens (tertiary/aromatic N) is 2. The normalized spacial score (nSPS) is 14.7. The topological polar surface area (TPSA) is 88.4 Å². The van der Waals surface area contributed by atoms with Crippen molar-refractivity contribution in [3.8, 4) is 11.5 Å². The molecule has 0 atom stereocenters. The van der Waals surface area contributed by atoms with Gasteiger partial charge in [0.2, 0.25) is 5.82 Å². The van der Waals surface area contributed by atoms with Crippen molar-refractivity contribution in [2.45, 2.75) is 6.92 Å². The van der Waals surface area contributed by atoms with Gasteiger partial charge in [0.25, 0.3) is 5.91 Å². The number of halogens is 6. The molecular formula is C20H12ClF5N2O5. The fraction of sp³-hybridized carbons (Fsp3) is 0.150. The number of anilines is 1. The number of carbonyl (C=O) groups is 2. The summed E-state index contributed by atoms with van der Waals surface area (Å²) in [5.41, 5.74) is -1.65. The summed E-state index contributed by atoms with van der Waals surface area (Å²) < 4.78 is 78.9. The molecule has 0 saturated carbocycles. The molecule has 1 aliphatic heterocycles. The van der Waals surface area contributed by atoms with Gasteiger partial charge in [-0.15, -0.1) is 0 Å². The molecule has 0 bridgehead atoms. The van der Waals surface area contributed by atoms with Crippen molar-refractivity contribution in [3.05, 3.63) is 57.4 Å². The second-order valence-corrected chi connectivity index (χ2v) is 6.90. The van der Waals surface area contributed by atoms with Crippen LogP contribution in [0.2, 0.25) is 5.02 Å². The van der Waals surface area contributed by atoms with Crippen LogP contribution in [0, 0.1) is 29.1 Å². The van der Waals surface area contributed by atoms with Gasteiger partial charge in [0.05, 0.1) is 23.4 Å². The largest absolute Gasteiger partial charge is 0.493 e. The van der Waals surface area contributed by atoms with E-state index in [-0.39, 0.29) is 38.4 Å². The Kier molecular flexibility index (Phi) is 6.58. The van der Waals surface area contributed by atoms with Crippen molar-refractivity contribution < 1.29 is 46.1 Å². The summed E-state index contributed by atoms with van der Waals surface area (Å²) in [6.07, 6.45) is 1.18. The van der Waals surface area contributed by atoms with Gasteiger partial charge in [-0.1, -0.05) is 11.6 Å². The maximum absolute atomic E-state index is 14.1. The number of amides is 1. The third-order valence-corrected chi connectivity index (χ3v) is 4.64. The number of hydrogen-bond donors (Lipinski definition) is 1. The highest BCUT2D eigenvalue weighted by atomic mass is 35.5. The minimum Gasteiger partial charge on any atom is -0.493 e. The number of ether oxygens (including phenoxy) is 2. The van der Waals surface area contributed by atoms with Crippen LogP contribution in [-0.4, -0.2) is 36.4 Å². The highest BCUT2D eigenvalue weighted by Crippen LogP contribution is 2.38. The summed E-state index contributed by atoms with van der Waals surface area (Å²) in [6, 6.07) is 2.59. The molecule has 0 spiro atoms. The molecule has 1 N–H and O–H groups in total. The minimum absolute atomic E-state index is 0.00672. The molecule has 0 radical (unpaired) electrons. The molecule has 0 unspecified atom stereocenters. The van der Waals surface area contributed by atoms with E-state index in [1.807, 2.05) is 0 Å². The van der Waals surface area contributed by atoms with Gasteiger partial charge in [-0.25, -0.2) is 26.7 Å². The summed E-state index contributed by atoms with van der Waals surface area (Å²) >= 11 is 6.10. The highest BCUT2D eigenvalue weighted by molar-refractivity contribution is 6.33. The second-order valence-electron chi connectivity index (χ2n) is 6.50. The number of rotatable bonds is 6. The molecule has 2 aromatic carbocycles. The zero-order chi connectivity index (χ0) is 24.6. The summed E-state index contributed by atoms with van der Waals surface area (Å²) in [6.45, 7) is 0.566. The van der Waals surface area contributed by atoms with Crippen LogP contribution in [0.3, 0.4) is 0 Å². The fourth-order valence-electron chi connectivity index (χ4n) is 2.88. The molecule has 2 aromatic rings. The van der Waals surface area contributed by atoms with E-state index in [1.54, 1.807) is 0 Å². The maximum Gasteiger partial charge on any atom is 0.341 e. The Balaban J connectivity index is 2.03. The van der Waals surface area contributed by atoms with Crippen LogP contribution >= 0.6 is 11.6 Å². The lowest BCUT2D eigenvalue weighted by Gasteiger charge is -2.15. The summed E-state index contributed by atoms with van der Waals surface area (Å²) in [4.78, 5) is 23.4. The Hall–Kier alpha value is -3.67. The van der Waals surface area contributed by atoms with E-state index in [1.165, 1.54) is 32.2 Å². The van der Waals surface area contributed by atoms with Gasteiger partial charge in [-0.2, -0.15) is 10.1 Å². The van der Waals surface area contributed by atoms with Crippen LogP contribution in [0.25, 0.3) is 6.08 Å². The number of hydrazone groups is 1. The van der Waals surface area contributed by atoms with Crippen molar-refractivity contribution in [3.63, 3.8) is 0 Å². The molecule has 0 fully saturated rings. The number of benzene rings is 2. The van der Waals surface area contributed by atoms with E-state index >= 15 is 0 Å². The molecule has 3 rings (SSSR count). The van der Waals surface area contributed by atoms with Crippen LogP contribution in [-0.2, 0) is 9.59 Å². The van der Waals surface area contributed by atoms with Crippen LogP contribution < -0.4 is 14.5 Å². The number of carboxylic acid groups (broad SMARTS) is 1. The highest BCUT2D eigenvalue weighted by Gasteiger charge is 2.37. The van der Waals surface area contributed by atoms with Gasteiger partial charge < -0.3 is 14.6 Å².